The molecule has 0 saturated heterocycles. The Hall–Kier alpha value is -1.36. The van der Waals surface area contributed by atoms with Crippen LogP contribution in [0.4, 0.5) is 0 Å². The quantitative estimate of drug-likeness (QED) is 0.466. The summed E-state index contributed by atoms with van der Waals surface area (Å²) in [5.41, 5.74) is 2.51. The van der Waals surface area contributed by atoms with Crippen LogP contribution in [0.2, 0.25) is 0 Å². The second-order valence-electron chi connectivity index (χ2n) is 3.88. The second-order valence-corrected chi connectivity index (χ2v) is 4.64. The van der Waals surface area contributed by atoms with Gasteiger partial charge >= 0.3 is 0 Å². The van der Waals surface area contributed by atoms with E-state index in [4.69, 9.17) is 28.0 Å². The molecule has 2 rings (SSSR count). The van der Waals surface area contributed by atoms with Gasteiger partial charge < -0.3 is 28.0 Å². The third kappa shape index (κ3) is 11.3. The van der Waals surface area contributed by atoms with Gasteiger partial charge in [-0.1, -0.05) is 0 Å². The lowest BCUT2D eigenvalue weighted by Gasteiger charge is -1.97. The minimum Gasteiger partial charge on any atom is -0.357 e. The van der Waals surface area contributed by atoms with Crippen LogP contribution in [0.5, 0.6) is 0 Å². The smallest absolute Gasteiger partial charge is 0.169 e. The maximum absolute atomic E-state index is 8.41. The van der Waals surface area contributed by atoms with Crippen LogP contribution < -0.4 is 37.1 Å². The first-order valence-corrected chi connectivity index (χ1v) is 7.44. The fourth-order valence-corrected chi connectivity index (χ4v) is 1.39. The van der Waals surface area contributed by atoms with Crippen LogP contribution in [0.1, 0.15) is 0 Å². The van der Waals surface area contributed by atoms with Crippen LogP contribution in [0.25, 0.3) is 11.1 Å². The molecule has 0 bridgehead atoms. The zero-order valence-corrected chi connectivity index (χ0v) is 13.2. The fraction of sp³-hybridized carbons (Fsp3) is 0.167. The number of hydrogen-bond donors (Lipinski definition) is 0. The Morgan fingerprint density at radius 2 is 0.773 bits per heavy atom. The van der Waals surface area contributed by atoms with Gasteiger partial charge in [-0.05, 0) is 11.1 Å². The van der Waals surface area contributed by atoms with Crippen molar-refractivity contribution in [3.63, 3.8) is 0 Å². The summed E-state index contributed by atoms with van der Waals surface area (Å²) < 4.78 is 54.5. The van der Waals surface area contributed by atoms with Crippen molar-refractivity contribution in [1.82, 2.24) is 0 Å². The summed E-state index contributed by atoms with van der Waals surface area (Å²) in [4.78, 5) is 0. The van der Waals surface area contributed by atoms with Gasteiger partial charge in [-0.2, -0.15) is 0 Å². The van der Waals surface area contributed by atoms with E-state index in [0.29, 0.717) is 0 Å². The van der Waals surface area contributed by atoms with Crippen LogP contribution in [0.15, 0.2) is 49.1 Å². The van der Waals surface area contributed by atoms with Gasteiger partial charge in [-0.15, -0.1) is 0 Å². The van der Waals surface area contributed by atoms with E-state index < -0.39 is 21.6 Å². The van der Waals surface area contributed by atoms with E-state index in [9.17, 15) is 0 Å². The highest BCUT2D eigenvalue weighted by Gasteiger charge is 2.00. The van der Waals surface area contributed by atoms with Crippen LogP contribution in [-0.2, 0) is 14.1 Å². The van der Waals surface area contributed by atoms with Crippen molar-refractivity contribution < 1.29 is 58.7 Å². The van der Waals surface area contributed by atoms with Gasteiger partial charge in [-0.25, -0.2) is 9.13 Å². The molecule has 0 fully saturated rings. The molecular weight excluding hydrogens is 339 g/mol. The average Bonchev–Trinajstić information content (AvgIpc) is 2.39. The average molecular weight is 353 g/mol. The van der Waals surface area contributed by atoms with Gasteiger partial charge in [0.05, 0.1) is 21.6 Å². The molecule has 2 aromatic rings. The number of halogens is 2. The summed E-state index contributed by atoms with van der Waals surface area (Å²) in [6, 6.07) is 8.48. The molecule has 0 atom stereocenters. The van der Waals surface area contributed by atoms with Crippen molar-refractivity contribution in [2.75, 3.05) is 0 Å². The van der Waals surface area contributed by atoms with Crippen LogP contribution >= 0.6 is 0 Å². The lowest BCUT2D eigenvalue weighted by molar-refractivity contribution is -1.73. The Morgan fingerprint density at radius 1 is 0.591 bits per heavy atom. The third-order valence-electron chi connectivity index (χ3n) is 2.29. The molecular formula is C12H14Cl2N2O6. The van der Waals surface area contributed by atoms with Crippen molar-refractivity contribution in [1.29, 1.82) is 0 Å². The third-order valence-corrected chi connectivity index (χ3v) is 2.29. The zero-order chi connectivity index (χ0) is 17.1. The second kappa shape index (κ2) is 11.2. The highest BCUT2D eigenvalue weighted by atomic mass is 35.6. The number of hydrogen-bond acceptors (Lipinski definition) is 6. The van der Waals surface area contributed by atoms with Crippen LogP contribution in [-0.4, -0.2) is 0 Å². The Bertz CT molecular complexity index is 467. The fourth-order valence-electron chi connectivity index (χ4n) is 1.39. The molecule has 0 aromatic carbocycles. The summed E-state index contributed by atoms with van der Waals surface area (Å²) >= 11 is 0. The SMILES string of the molecule is C[n+]1ccc(-c2cc[n+](C)cc2)cc1.[O-][Cl+2]([O-])[O-].[O-][Cl+2]([O-])[O-]. The monoisotopic (exact) mass is 352 g/mol. The highest BCUT2D eigenvalue weighted by molar-refractivity contribution is 5.60. The molecule has 8 nitrogen and oxygen atoms in total. The molecule has 0 aliphatic carbocycles. The topological polar surface area (TPSA) is 146 Å². The van der Waals surface area contributed by atoms with Gasteiger partial charge in [-0.3, -0.25) is 0 Å². The maximum atomic E-state index is 8.41. The molecule has 10 heteroatoms. The van der Waals surface area contributed by atoms with E-state index in [1.54, 1.807) is 0 Å². The number of pyridine rings is 2. The lowest BCUT2D eigenvalue weighted by atomic mass is 10.1. The summed E-state index contributed by atoms with van der Waals surface area (Å²) in [7, 11) is -1.66. The van der Waals surface area contributed by atoms with Gasteiger partial charge in [0.1, 0.15) is 14.1 Å². The molecule has 0 aliphatic rings. The summed E-state index contributed by atoms with van der Waals surface area (Å²) in [6.45, 7) is 0. The standard InChI is InChI=1S/C12H14N2.2ClO3/c1-13-7-3-11(4-8-13)12-5-9-14(2)10-6-12;2*2-1(3)4/h3-10H,1-2H3;;/q+2;2*-1. The number of aromatic nitrogens is 2. The largest absolute Gasteiger partial charge is 0.357 e. The number of rotatable bonds is 1. The predicted octanol–water partition coefficient (Wildman–Crippen LogP) is -6.13. The van der Waals surface area contributed by atoms with Crippen molar-refractivity contribution in [2.24, 2.45) is 14.1 Å². The van der Waals surface area contributed by atoms with E-state index >= 15 is 0 Å². The van der Waals surface area contributed by atoms with Crippen LogP contribution in [0, 0.1) is 21.6 Å². The molecule has 0 aliphatic heterocycles. The summed E-state index contributed by atoms with van der Waals surface area (Å²) in [5, 5.41) is 0. The first-order valence-electron chi connectivity index (χ1n) is 5.59. The molecule has 2 heterocycles. The molecule has 2 aromatic heterocycles. The van der Waals surface area contributed by atoms with Gasteiger partial charge in [0.25, 0.3) is 0 Å². The molecule has 0 spiro atoms. The van der Waals surface area contributed by atoms with E-state index in [2.05, 4.69) is 49.1 Å². The number of aryl methyl sites for hydroxylation is 2. The maximum Gasteiger partial charge on any atom is 0.169 e. The molecule has 122 valence electrons. The normalized spacial score (nSPS) is 9.73. The van der Waals surface area contributed by atoms with Crippen molar-refractivity contribution in [3.05, 3.63) is 49.1 Å². The van der Waals surface area contributed by atoms with Crippen LogP contribution in [0.3, 0.4) is 0 Å². The Morgan fingerprint density at radius 3 is 0.955 bits per heavy atom. The highest BCUT2D eigenvalue weighted by Crippen LogP contribution is 2.14. The van der Waals surface area contributed by atoms with E-state index in [-0.39, 0.29) is 0 Å². The van der Waals surface area contributed by atoms with Crippen molar-refractivity contribution in [3.8, 4) is 11.1 Å². The van der Waals surface area contributed by atoms with E-state index in [1.165, 1.54) is 11.1 Å². The molecule has 0 unspecified atom stereocenters. The molecule has 22 heavy (non-hydrogen) atoms. The Balaban J connectivity index is 0.000000464. The molecule has 0 radical (unpaired) electrons. The molecule has 0 N–H and O–H groups in total. The first-order chi connectivity index (χ1) is 10.2. The van der Waals surface area contributed by atoms with Gasteiger partial charge in [0.15, 0.2) is 24.8 Å². The predicted molar refractivity (Wildman–Crippen MR) is 54.2 cm³/mol. The Kier molecular flexibility index (Phi) is 10.5. The van der Waals surface area contributed by atoms with E-state index in [0.717, 1.165) is 0 Å². The Labute approximate surface area is 133 Å². The van der Waals surface area contributed by atoms with Crippen molar-refractivity contribution >= 4 is 0 Å². The number of nitrogens with zero attached hydrogens (tertiary/aromatic N) is 2. The molecule has 0 saturated carbocycles. The van der Waals surface area contributed by atoms with Gasteiger partial charge in [0, 0.05) is 24.3 Å². The minimum absolute atomic E-state index is 1.25. The van der Waals surface area contributed by atoms with Crippen molar-refractivity contribution in [2.45, 2.75) is 0 Å². The minimum atomic E-state index is -2.85. The molecule has 0 amide bonds. The lowest BCUT2D eigenvalue weighted by Crippen LogP contribution is -2.43. The zero-order valence-electron chi connectivity index (χ0n) is 11.7. The van der Waals surface area contributed by atoms with E-state index in [1.807, 2.05) is 23.2 Å². The summed E-state index contributed by atoms with van der Waals surface area (Å²) in [6.07, 6.45) is 8.23. The van der Waals surface area contributed by atoms with Gasteiger partial charge in [0.2, 0.25) is 0 Å². The summed E-state index contributed by atoms with van der Waals surface area (Å²) in [5.74, 6) is 0. The first kappa shape index (κ1) is 20.6.